The molecule has 1 N–H and O–H groups in total. The summed E-state index contributed by atoms with van der Waals surface area (Å²) in [6.07, 6.45) is 0.355. The second-order valence-electron chi connectivity index (χ2n) is 6.73. The fraction of sp³-hybridized carbons (Fsp3) is 0.263. The first-order valence-corrected chi connectivity index (χ1v) is 10.7. The van der Waals surface area contributed by atoms with Crippen LogP contribution in [0.2, 0.25) is 10.0 Å². The van der Waals surface area contributed by atoms with Gasteiger partial charge in [-0.2, -0.15) is 0 Å². The number of rotatable bonds is 5. The van der Waals surface area contributed by atoms with Gasteiger partial charge in [-0.25, -0.2) is 13.1 Å². The summed E-state index contributed by atoms with van der Waals surface area (Å²) in [6.45, 7) is 1.91. The van der Waals surface area contributed by atoms with Gasteiger partial charge in [0.05, 0.1) is 11.3 Å². The number of carbonyl (C=O) groups is 2. The molecule has 0 radical (unpaired) electrons. The Morgan fingerprint density at radius 3 is 2.39 bits per heavy atom. The van der Waals surface area contributed by atoms with Gasteiger partial charge in [0.2, 0.25) is 5.91 Å². The Kier molecular flexibility index (Phi) is 5.70. The fourth-order valence-corrected chi connectivity index (χ4v) is 4.58. The van der Waals surface area contributed by atoms with E-state index in [9.17, 15) is 18.0 Å². The maximum Gasteiger partial charge on any atom is 0.264 e. The molecule has 28 heavy (non-hydrogen) atoms. The van der Waals surface area contributed by atoms with E-state index in [4.69, 9.17) is 23.2 Å². The van der Waals surface area contributed by atoms with E-state index >= 15 is 0 Å². The van der Waals surface area contributed by atoms with Gasteiger partial charge in [-0.1, -0.05) is 47.5 Å². The summed E-state index contributed by atoms with van der Waals surface area (Å²) < 4.78 is 26.9. The van der Waals surface area contributed by atoms with Crippen LogP contribution < -0.4 is 4.72 Å². The van der Waals surface area contributed by atoms with Crippen LogP contribution in [-0.2, 0) is 26.0 Å². The van der Waals surface area contributed by atoms with E-state index in [-0.39, 0.29) is 17.2 Å². The Hall–Kier alpha value is -2.09. The number of hydrogen-bond donors (Lipinski definition) is 1. The molecule has 148 valence electrons. The molecule has 1 heterocycles. The highest BCUT2D eigenvalue weighted by Crippen LogP contribution is 2.32. The number of carbonyl (C=O) groups excluding carboxylic acids is 2. The van der Waals surface area contributed by atoms with Gasteiger partial charge in [-0.15, -0.1) is 0 Å². The summed E-state index contributed by atoms with van der Waals surface area (Å²) in [7, 11) is -4.01. The summed E-state index contributed by atoms with van der Waals surface area (Å²) in [4.78, 5) is 26.7. The number of nitrogens with one attached hydrogen (secondary N) is 1. The molecule has 1 unspecified atom stereocenters. The number of sulfonamides is 1. The lowest BCUT2D eigenvalue weighted by Gasteiger charge is -2.49. The molecule has 0 bridgehead atoms. The Labute approximate surface area is 173 Å². The number of halogens is 2. The number of likely N-dealkylation sites (tertiary alicyclic amines) is 1. The van der Waals surface area contributed by atoms with Gasteiger partial charge >= 0.3 is 0 Å². The predicted molar refractivity (Wildman–Crippen MR) is 107 cm³/mol. The molecule has 2 amide bonds. The van der Waals surface area contributed by atoms with Crippen LogP contribution in [0.1, 0.15) is 18.9 Å². The molecule has 0 saturated carbocycles. The lowest BCUT2D eigenvalue weighted by Crippen LogP contribution is -2.68. The highest BCUT2D eigenvalue weighted by atomic mass is 35.5. The smallest absolute Gasteiger partial charge is 0.264 e. The number of benzene rings is 2. The first kappa shape index (κ1) is 20.6. The Morgan fingerprint density at radius 2 is 1.82 bits per heavy atom. The van der Waals surface area contributed by atoms with Crippen molar-refractivity contribution in [2.75, 3.05) is 6.54 Å². The highest BCUT2D eigenvalue weighted by Gasteiger charge is 2.50. The van der Waals surface area contributed by atoms with Gasteiger partial charge in [-0.05, 0) is 43.2 Å². The van der Waals surface area contributed by atoms with Crippen LogP contribution in [0.15, 0.2) is 53.4 Å². The second kappa shape index (κ2) is 7.73. The normalized spacial score (nSPS) is 19.0. The van der Waals surface area contributed by atoms with Crippen molar-refractivity contribution in [3.63, 3.8) is 0 Å². The van der Waals surface area contributed by atoms with Crippen LogP contribution in [0.3, 0.4) is 0 Å². The van der Waals surface area contributed by atoms with E-state index in [1.54, 1.807) is 43.3 Å². The van der Waals surface area contributed by atoms with E-state index in [1.807, 2.05) is 0 Å². The van der Waals surface area contributed by atoms with E-state index < -0.39 is 21.5 Å². The first-order valence-electron chi connectivity index (χ1n) is 8.50. The molecular formula is C19H18Cl2N2O4S. The predicted octanol–water partition coefficient (Wildman–Crippen LogP) is 3.03. The lowest BCUT2D eigenvalue weighted by molar-refractivity contribution is -0.156. The minimum Gasteiger partial charge on any atom is -0.328 e. The van der Waals surface area contributed by atoms with Crippen molar-refractivity contribution >= 4 is 45.0 Å². The minimum absolute atomic E-state index is 0.00962. The average Bonchev–Trinajstić information content (AvgIpc) is 2.62. The second-order valence-corrected chi connectivity index (χ2v) is 9.26. The maximum absolute atomic E-state index is 12.7. The van der Waals surface area contributed by atoms with Crippen LogP contribution in [-0.4, -0.2) is 37.2 Å². The Balaban J connectivity index is 1.73. The van der Waals surface area contributed by atoms with Gasteiger partial charge in [0, 0.05) is 16.6 Å². The zero-order valence-electron chi connectivity index (χ0n) is 15.0. The third-order valence-corrected chi connectivity index (χ3v) is 6.78. The minimum atomic E-state index is -4.01. The van der Waals surface area contributed by atoms with Crippen molar-refractivity contribution in [3.05, 3.63) is 64.1 Å². The summed E-state index contributed by atoms with van der Waals surface area (Å²) >= 11 is 12.0. The van der Waals surface area contributed by atoms with E-state index in [1.165, 1.54) is 17.0 Å². The monoisotopic (exact) mass is 440 g/mol. The van der Waals surface area contributed by atoms with Gasteiger partial charge < -0.3 is 4.90 Å². The van der Waals surface area contributed by atoms with Crippen LogP contribution in [0, 0.1) is 0 Å². The molecule has 6 nitrogen and oxygen atoms in total. The van der Waals surface area contributed by atoms with Crippen LogP contribution >= 0.6 is 23.2 Å². The molecule has 1 atom stereocenters. The SMILES string of the molecule is CC1(C(=O)NS(=O)(=O)c2ccccc2)CCN1C(=O)Cc1ccc(Cl)cc1Cl. The van der Waals surface area contributed by atoms with Crippen molar-refractivity contribution in [1.82, 2.24) is 9.62 Å². The molecule has 1 aliphatic heterocycles. The fourth-order valence-electron chi connectivity index (χ4n) is 3.01. The number of amides is 2. The van der Waals surface area contributed by atoms with Crippen LogP contribution in [0.25, 0.3) is 0 Å². The van der Waals surface area contributed by atoms with Crippen molar-refractivity contribution in [1.29, 1.82) is 0 Å². The summed E-state index contributed by atoms with van der Waals surface area (Å²) in [6, 6.07) is 12.4. The zero-order chi connectivity index (χ0) is 20.5. The van der Waals surface area contributed by atoms with Crippen LogP contribution in [0.4, 0.5) is 0 Å². The molecule has 0 aromatic heterocycles. The molecule has 0 spiro atoms. The highest BCUT2D eigenvalue weighted by molar-refractivity contribution is 7.90. The molecule has 0 aliphatic carbocycles. The first-order chi connectivity index (χ1) is 13.1. The molecule has 1 fully saturated rings. The van der Waals surface area contributed by atoms with Gasteiger partial charge in [0.15, 0.2) is 0 Å². The van der Waals surface area contributed by atoms with Gasteiger partial charge in [0.1, 0.15) is 5.54 Å². The number of nitrogens with zero attached hydrogens (tertiary/aromatic N) is 1. The molecule has 2 aromatic rings. The molecule has 1 saturated heterocycles. The molecule has 3 rings (SSSR count). The lowest BCUT2D eigenvalue weighted by atomic mass is 9.85. The van der Waals surface area contributed by atoms with E-state index in [2.05, 4.69) is 4.72 Å². The quantitative estimate of drug-likeness (QED) is 0.773. The van der Waals surface area contributed by atoms with Crippen molar-refractivity contribution < 1.29 is 18.0 Å². The molecular weight excluding hydrogens is 423 g/mol. The van der Waals surface area contributed by atoms with Gasteiger partial charge in [-0.3, -0.25) is 9.59 Å². The summed E-state index contributed by atoms with van der Waals surface area (Å²) in [5, 5.41) is 0.819. The van der Waals surface area contributed by atoms with E-state index in [0.717, 1.165) is 0 Å². The largest absolute Gasteiger partial charge is 0.328 e. The zero-order valence-corrected chi connectivity index (χ0v) is 17.3. The van der Waals surface area contributed by atoms with Crippen molar-refractivity contribution in [3.8, 4) is 0 Å². The van der Waals surface area contributed by atoms with E-state index in [0.29, 0.717) is 28.6 Å². The topological polar surface area (TPSA) is 83.6 Å². The Morgan fingerprint density at radius 1 is 1.14 bits per heavy atom. The van der Waals surface area contributed by atoms with Gasteiger partial charge in [0.25, 0.3) is 15.9 Å². The third-order valence-electron chi connectivity index (χ3n) is 4.85. The maximum atomic E-state index is 12.7. The molecule has 1 aliphatic rings. The summed E-state index contributed by atoms with van der Waals surface area (Å²) in [5.74, 6) is -1.05. The summed E-state index contributed by atoms with van der Waals surface area (Å²) in [5.41, 5.74) is -0.652. The molecule has 2 aromatic carbocycles. The Bertz CT molecular complexity index is 1030. The third kappa shape index (κ3) is 4.01. The van der Waals surface area contributed by atoms with Crippen molar-refractivity contribution in [2.24, 2.45) is 0 Å². The number of hydrogen-bond acceptors (Lipinski definition) is 4. The van der Waals surface area contributed by atoms with Crippen LogP contribution in [0.5, 0.6) is 0 Å². The average molecular weight is 441 g/mol. The van der Waals surface area contributed by atoms with Crippen molar-refractivity contribution in [2.45, 2.75) is 30.2 Å². The molecule has 9 heteroatoms. The standard InChI is InChI=1S/C19H18Cl2N2O4S/c1-19(18(25)22-28(26,27)15-5-3-2-4-6-15)9-10-23(19)17(24)11-13-7-8-14(20)12-16(13)21/h2-8,12H,9-11H2,1H3,(H,22,25).